The van der Waals surface area contributed by atoms with Gasteiger partial charge < -0.3 is 11.1 Å². The van der Waals surface area contributed by atoms with Crippen molar-refractivity contribution in [1.29, 1.82) is 0 Å². The Morgan fingerprint density at radius 2 is 2.00 bits per heavy atom. The standard InChI is InChI=1S/C15H18N4/c1-2-10-3-5-11(6-4-10)15-18-13-7-8-17-9-12(13)14(16)19-15/h3-6,17H,2,7-9H2,1H3,(H2,16,18,19). The first-order valence-electron chi connectivity index (χ1n) is 6.73. The van der Waals surface area contributed by atoms with Gasteiger partial charge in [0.15, 0.2) is 5.82 Å². The third kappa shape index (κ3) is 2.31. The van der Waals surface area contributed by atoms with E-state index in [1.165, 1.54) is 5.56 Å². The summed E-state index contributed by atoms with van der Waals surface area (Å²) in [6.45, 7) is 3.88. The Balaban J connectivity index is 2.02. The number of nitrogen functional groups attached to an aromatic ring is 1. The minimum atomic E-state index is 0.603. The van der Waals surface area contributed by atoms with Crippen LogP contribution in [0, 0.1) is 0 Å². The number of nitrogens with two attached hydrogens (primary N) is 1. The van der Waals surface area contributed by atoms with Crippen molar-refractivity contribution in [3.8, 4) is 11.4 Å². The number of benzene rings is 1. The summed E-state index contributed by atoms with van der Waals surface area (Å²) in [5.74, 6) is 1.34. The molecule has 0 unspecified atom stereocenters. The number of aromatic nitrogens is 2. The van der Waals surface area contributed by atoms with Crippen molar-refractivity contribution < 1.29 is 0 Å². The lowest BCUT2D eigenvalue weighted by atomic mass is 10.1. The van der Waals surface area contributed by atoms with Gasteiger partial charge in [0.25, 0.3) is 0 Å². The molecule has 4 nitrogen and oxygen atoms in total. The first kappa shape index (κ1) is 12.1. The van der Waals surface area contributed by atoms with Crippen molar-refractivity contribution in [2.24, 2.45) is 0 Å². The number of rotatable bonds is 2. The molecule has 3 rings (SSSR count). The molecule has 2 aromatic rings. The van der Waals surface area contributed by atoms with E-state index in [1.54, 1.807) is 0 Å². The summed E-state index contributed by atoms with van der Waals surface area (Å²) >= 11 is 0. The maximum Gasteiger partial charge on any atom is 0.161 e. The Hall–Kier alpha value is -1.94. The van der Waals surface area contributed by atoms with Crippen LogP contribution in [-0.2, 0) is 19.4 Å². The highest BCUT2D eigenvalue weighted by atomic mass is 15.0. The van der Waals surface area contributed by atoms with Crippen LogP contribution in [0.4, 0.5) is 5.82 Å². The molecule has 3 N–H and O–H groups in total. The fraction of sp³-hybridized carbons (Fsp3) is 0.333. The SMILES string of the molecule is CCc1ccc(-c2nc(N)c3c(n2)CCNC3)cc1. The smallest absolute Gasteiger partial charge is 0.161 e. The third-order valence-corrected chi connectivity index (χ3v) is 3.59. The first-order chi connectivity index (χ1) is 9.28. The van der Waals surface area contributed by atoms with Gasteiger partial charge in [0.2, 0.25) is 0 Å². The summed E-state index contributed by atoms with van der Waals surface area (Å²) in [7, 11) is 0. The van der Waals surface area contributed by atoms with Crippen LogP contribution in [0.1, 0.15) is 23.7 Å². The molecule has 1 aliphatic rings. The largest absolute Gasteiger partial charge is 0.383 e. The zero-order valence-electron chi connectivity index (χ0n) is 11.1. The summed E-state index contributed by atoms with van der Waals surface area (Å²) in [4.78, 5) is 9.11. The predicted molar refractivity (Wildman–Crippen MR) is 76.7 cm³/mol. The van der Waals surface area contributed by atoms with Crippen LogP contribution < -0.4 is 11.1 Å². The Kier molecular flexibility index (Phi) is 3.17. The average Bonchev–Trinajstić information content (AvgIpc) is 2.47. The quantitative estimate of drug-likeness (QED) is 0.859. The number of hydrogen-bond donors (Lipinski definition) is 2. The van der Waals surface area contributed by atoms with E-state index in [-0.39, 0.29) is 0 Å². The van der Waals surface area contributed by atoms with Crippen molar-refractivity contribution in [2.75, 3.05) is 12.3 Å². The Bertz CT molecular complexity index is 590. The van der Waals surface area contributed by atoms with Crippen LogP contribution >= 0.6 is 0 Å². The molecule has 1 aromatic heterocycles. The molecule has 0 saturated carbocycles. The van der Waals surface area contributed by atoms with E-state index in [0.717, 1.165) is 48.6 Å². The highest BCUT2D eigenvalue weighted by Gasteiger charge is 2.16. The molecular formula is C15H18N4. The van der Waals surface area contributed by atoms with E-state index in [4.69, 9.17) is 5.73 Å². The van der Waals surface area contributed by atoms with Crippen LogP contribution in [0.3, 0.4) is 0 Å². The number of aryl methyl sites for hydroxylation is 1. The van der Waals surface area contributed by atoms with E-state index in [0.29, 0.717) is 5.82 Å². The van der Waals surface area contributed by atoms with Gasteiger partial charge in [-0.15, -0.1) is 0 Å². The lowest BCUT2D eigenvalue weighted by Gasteiger charge is -2.18. The normalized spacial score (nSPS) is 14.2. The predicted octanol–water partition coefficient (Wildman–Crippen LogP) is 1.93. The minimum Gasteiger partial charge on any atom is -0.383 e. The molecule has 0 amide bonds. The zero-order valence-corrected chi connectivity index (χ0v) is 11.1. The molecule has 0 spiro atoms. The van der Waals surface area contributed by atoms with Crippen molar-refractivity contribution in [1.82, 2.24) is 15.3 Å². The average molecular weight is 254 g/mol. The summed E-state index contributed by atoms with van der Waals surface area (Å²) in [5.41, 5.74) is 10.5. The van der Waals surface area contributed by atoms with Crippen LogP contribution in [-0.4, -0.2) is 16.5 Å². The van der Waals surface area contributed by atoms with Gasteiger partial charge in [-0.3, -0.25) is 0 Å². The minimum absolute atomic E-state index is 0.603. The highest BCUT2D eigenvalue weighted by Crippen LogP contribution is 2.23. The molecule has 0 aliphatic carbocycles. The number of fused-ring (bicyclic) bond motifs is 1. The van der Waals surface area contributed by atoms with Crippen molar-refractivity contribution in [3.63, 3.8) is 0 Å². The maximum atomic E-state index is 6.04. The molecule has 1 aliphatic heterocycles. The first-order valence-corrected chi connectivity index (χ1v) is 6.73. The Morgan fingerprint density at radius 3 is 2.74 bits per heavy atom. The molecule has 98 valence electrons. The van der Waals surface area contributed by atoms with Gasteiger partial charge in [0, 0.05) is 30.6 Å². The second-order valence-electron chi connectivity index (χ2n) is 4.83. The molecule has 2 heterocycles. The number of anilines is 1. The molecule has 0 atom stereocenters. The fourth-order valence-electron chi connectivity index (χ4n) is 2.39. The van der Waals surface area contributed by atoms with Gasteiger partial charge in [-0.05, 0) is 12.0 Å². The molecule has 1 aromatic carbocycles. The van der Waals surface area contributed by atoms with Gasteiger partial charge in [-0.2, -0.15) is 0 Å². The van der Waals surface area contributed by atoms with Crippen molar-refractivity contribution >= 4 is 5.82 Å². The summed E-state index contributed by atoms with van der Waals surface area (Å²) < 4.78 is 0. The molecule has 19 heavy (non-hydrogen) atoms. The van der Waals surface area contributed by atoms with Crippen LogP contribution in [0.2, 0.25) is 0 Å². The van der Waals surface area contributed by atoms with Crippen molar-refractivity contribution in [3.05, 3.63) is 41.1 Å². The molecular weight excluding hydrogens is 236 g/mol. The van der Waals surface area contributed by atoms with E-state index in [9.17, 15) is 0 Å². The second kappa shape index (κ2) is 4.97. The van der Waals surface area contributed by atoms with Crippen molar-refractivity contribution in [2.45, 2.75) is 26.3 Å². The van der Waals surface area contributed by atoms with Crippen LogP contribution in [0.5, 0.6) is 0 Å². The van der Waals surface area contributed by atoms with Gasteiger partial charge in [-0.1, -0.05) is 31.2 Å². The summed E-state index contributed by atoms with van der Waals surface area (Å²) in [6.07, 6.45) is 1.96. The molecule has 0 fully saturated rings. The number of nitrogens with one attached hydrogen (secondary N) is 1. The lowest BCUT2D eigenvalue weighted by molar-refractivity contribution is 0.629. The van der Waals surface area contributed by atoms with Gasteiger partial charge in [-0.25, -0.2) is 9.97 Å². The van der Waals surface area contributed by atoms with Crippen LogP contribution in [0.15, 0.2) is 24.3 Å². The molecule has 0 radical (unpaired) electrons. The molecule has 0 saturated heterocycles. The number of hydrogen-bond acceptors (Lipinski definition) is 4. The monoisotopic (exact) mass is 254 g/mol. The second-order valence-corrected chi connectivity index (χ2v) is 4.83. The van der Waals surface area contributed by atoms with E-state index >= 15 is 0 Å². The van der Waals surface area contributed by atoms with Gasteiger partial charge >= 0.3 is 0 Å². The van der Waals surface area contributed by atoms with Gasteiger partial charge in [0.1, 0.15) is 5.82 Å². The third-order valence-electron chi connectivity index (χ3n) is 3.59. The molecule has 4 heteroatoms. The van der Waals surface area contributed by atoms with E-state index in [2.05, 4.69) is 46.5 Å². The highest BCUT2D eigenvalue weighted by molar-refractivity contribution is 5.59. The number of nitrogens with zero attached hydrogens (tertiary/aromatic N) is 2. The zero-order chi connectivity index (χ0) is 13.2. The fourth-order valence-corrected chi connectivity index (χ4v) is 2.39. The van der Waals surface area contributed by atoms with E-state index < -0.39 is 0 Å². The maximum absolute atomic E-state index is 6.04. The summed E-state index contributed by atoms with van der Waals surface area (Å²) in [6, 6.07) is 8.38. The Labute approximate surface area is 113 Å². The molecule has 0 bridgehead atoms. The van der Waals surface area contributed by atoms with Gasteiger partial charge in [0.05, 0.1) is 5.69 Å². The topological polar surface area (TPSA) is 63.8 Å². The van der Waals surface area contributed by atoms with E-state index in [1.807, 2.05) is 0 Å². The lowest BCUT2D eigenvalue weighted by Crippen LogP contribution is -2.26. The summed E-state index contributed by atoms with van der Waals surface area (Å²) in [5, 5.41) is 3.30. The Morgan fingerprint density at radius 1 is 1.21 bits per heavy atom. The van der Waals surface area contributed by atoms with Crippen LogP contribution in [0.25, 0.3) is 11.4 Å².